The molecule has 0 fully saturated rings. The Morgan fingerprint density at radius 2 is 0.438 bits per heavy atom. The molecule has 0 aromatic heterocycles. The highest BCUT2D eigenvalue weighted by molar-refractivity contribution is 7.47. The summed E-state index contributed by atoms with van der Waals surface area (Å²) in [6, 6.07) is 0. The van der Waals surface area contributed by atoms with Crippen LogP contribution in [0.3, 0.4) is 0 Å². The minimum absolute atomic E-state index is 0.0971. The van der Waals surface area contributed by atoms with Gasteiger partial charge in [0.15, 0.2) is 6.10 Å². The molecule has 0 heterocycles. The van der Waals surface area contributed by atoms with Crippen molar-refractivity contribution >= 4 is 33.6 Å². The topological polar surface area (TPSA) is 231 Å². The number of carbonyl (C=O) groups excluding carboxylic acids is 3. The molecule has 0 saturated heterocycles. The first kappa shape index (κ1) is 116. The standard InChI is InChI=1S/C103H178O16P2/c1-4-7-10-13-16-19-22-25-28-31-34-37-40-43-46-48-51-53-56-59-62-65-68-71-74-77-80-83-86-89-101(106)113-92-98(104)93-115-120(109,110)116-94-99(105)95-117-121(111,112)118-97-100(119-103(108)91-88-85-82-79-76-73-70-67-64-61-58-55-50-45-42-39-36-33-30-27-24-21-18-15-12-9-6-3)96-114-102(107)90-87-84-81-78-75-72-69-66-63-60-57-54-52-49-47-44-41-38-35-32-29-26-23-20-17-14-11-8-5-2/h9,12,16-21,25-30,34-39,43-47,50,98-100,104-105H,4-8,10-11,13-15,22-24,31-33,40-42,48-49,51-97H2,1-3H3,(H,109,110)(H,111,112)/b12-9-,19-16-,20-17-,21-18-,28-25-,29-26-,30-27-,37-34-,38-35-,39-36-,46-43-,47-44-,50-45-. The van der Waals surface area contributed by atoms with E-state index < -0.39 is 91.5 Å². The minimum atomic E-state index is -4.95. The highest BCUT2D eigenvalue weighted by Gasteiger charge is 2.30. The summed E-state index contributed by atoms with van der Waals surface area (Å²) in [5.74, 6) is -1.57. The second kappa shape index (κ2) is 94.3. The molecule has 0 aliphatic heterocycles. The minimum Gasteiger partial charge on any atom is -0.463 e. The van der Waals surface area contributed by atoms with E-state index in [0.29, 0.717) is 19.3 Å². The molecule has 0 saturated carbocycles. The molecule has 5 atom stereocenters. The van der Waals surface area contributed by atoms with E-state index in [-0.39, 0.29) is 19.3 Å². The molecule has 16 nitrogen and oxygen atoms in total. The van der Waals surface area contributed by atoms with E-state index in [2.05, 4.69) is 179 Å². The van der Waals surface area contributed by atoms with Crippen LogP contribution in [0.5, 0.6) is 0 Å². The summed E-state index contributed by atoms with van der Waals surface area (Å²) in [6.45, 7) is 2.57. The lowest BCUT2D eigenvalue weighted by Crippen LogP contribution is -2.30. The molecule has 0 radical (unpaired) electrons. The first-order chi connectivity index (χ1) is 59.2. The Balaban J connectivity index is 4.65. The van der Waals surface area contributed by atoms with Gasteiger partial charge in [-0.15, -0.1) is 0 Å². The number of unbranched alkanes of at least 4 members (excludes halogenated alkanes) is 43. The third-order valence-electron chi connectivity index (χ3n) is 20.7. The van der Waals surface area contributed by atoms with E-state index in [1.165, 1.54) is 199 Å². The third kappa shape index (κ3) is 95.7. The van der Waals surface area contributed by atoms with Gasteiger partial charge in [-0.3, -0.25) is 32.5 Å². The molecule has 121 heavy (non-hydrogen) atoms. The third-order valence-corrected chi connectivity index (χ3v) is 22.6. The number of phosphoric ester groups is 2. The Hall–Kier alpha value is -4.83. The normalized spacial score (nSPS) is 14.4. The maximum atomic E-state index is 13.1. The lowest BCUT2D eigenvalue weighted by Gasteiger charge is -2.21. The van der Waals surface area contributed by atoms with Crippen LogP contribution in [0.1, 0.15) is 419 Å². The lowest BCUT2D eigenvalue weighted by molar-refractivity contribution is -0.161. The van der Waals surface area contributed by atoms with Gasteiger partial charge in [-0.2, -0.15) is 0 Å². The first-order valence-electron chi connectivity index (χ1n) is 48.8. The second-order valence-electron chi connectivity index (χ2n) is 32.5. The molecule has 0 rings (SSSR count). The Bertz CT molecular complexity index is 2830. The summed E-state index contributed by atoms with van der Waals surface area (Å²) < 4.78 is 61.6. The van der Waals surface area contributed by atoms with Crippen LogP contribution in [0.25, 0.3) is 0 Å². The Labute approximate surface area is 740 Å². The van der Waals surface area contributed by atoms with Crippen molar-refractivity contribution in [2.24, 2.45) is 0 Å². The van der Waals surface area contributed by atoms with E-state index in [1.807, 2.05) is 0 Å². The molecule has 4 N–H and O–H groups in total. The number of rotatable bonds is 92. The fourth-order valence-electron chi connectivity index (χ4n) is 13.3. The summed E-state index contributed by atoms with van der Waals surface area (Å²) in [7, 11) is -9.82. The molecular formula is C103H178O16P2. The van der Waals surface area contributed by atoms with Crippen LogP contribution in [-0.4, -0.2) is 95.9 Å². The molecule has 0 amide bonds. The number of aliphatic hydroxyl groups excluding tert-OH is 2. The smallest absolute Gasteiger partial charge is 0.463 e. The summed E-state index contributed by atoms with van der Waals surface area (Å²) in [4.78, 5) is 59.1. The second-order valence-corrected chi connectivity index (χ2v) is 35.4. The number of ether oxygens (including phenoxy) is 3. The highest BCUT2D eigenvalue weighted by atomic mass is 31.2. The van der Waals surface area contributed by atoms with E-state index in [4.69, 9.17) is 32.3 Å². The van der Waals surface area contributed by atoms with Gasteiger partial charge in [0.05, 0.1) is 26.4 Å². The lowest BCUT2D eigenvalue weighted by atomic mass is 10.0. The predicted molar refractivity (Wildman–Crippen MR) is 509 cm³/mol. The van der Waals surface area contributed by atoms with Gasteiger partial charge in [0, 0.05) is 19.3 Å². The first-order valence-corrected chi connectivity index (χ1v) is 51.8. The van der Waals surface area contributed by atoms with Gasteiger partial charge in [0.25, 0.3) is 0 Å². The van der Waals surface area contributed by atoms with Crippen molar-refractivity contribution in [3.05, 3.63) is 158 Å². The molecule has 0 aromatic carbocycles. The molecule has 0 aliphatic carbocycles. The molecule has 0 bridgehead atoms. The van der Waals surface area contributed by atoms with E-state index in [0.717, 1.165) is 161 Å². The summed E-state index contributed by atoms with van der Waals surface area (Å²) >= 11 is 0. The highest BCUT2D eigenvalue weighted by Crippen LogP contribution is 2.45. The van der Waals surface area contributed by atoms with Crippen molar-refractivity contribution in [2.45, 2.75) is 437 Å². The van der Waals surface area contributed by atoms with Crippen molar-refractivity contribution < 1.29 is 75.8 Å². The zero-order valence-corrected chi connectivity index (χ0v) is 78.7. The van der Waals surface area contributed by atoms with Crippen LogP contribution in [0.15, 0.2) is 158 Å². The molecule has 0 aromatic rings. The molecule has 696 valence electrons. The average Bonchev–Trinajstić information content (AvgIpc) is 0.930. The number of allylic oxidation sites excluding steroid dienone is 26. The van der Waals surface area contributed by atoms with Crippen LogP contribution in [0, 0.1) is 0 Å². The molecule has 0 spiro atoms. The van der Waals surface area contributed by atoms with E-state index in [1.54, 1.807) is 0 Å². The van der Waals surface area contributed by atoms with Gasteiger partial charge in [0.1, 0.15) is 25.4 Å². The quantitative estimate of drug-likeness (QED) is 0.0146. The number of hydrogen-bond donors (Lipinski definition) is 4. The number of hydrogen-bond acceptors (Lipinski definition) is 14. The SMILES string of the molecule is CC/C=C\C/C=C\C/C=C\C/C=C\C/C=C\CCCCCCCCCCCCCC(=O)OC(COC(=O)CCCCCCCCCCCCCCC/C=C\C/C=C\C/C=C\C/C=C\CCCCC)COP(=O)(O)OCC(O)COP(=O)(O)OCC(O)COC(=O)CCCCCCCCCCCCCCC/C=C\C/C=C\C/C=C\C/C=C\CCCCC. The number of carbonyl (C=O) groups is 3. The van der Waals surface area contributed by atoms with Crippen molar-refractivity contribution in [2.75, 3.05) is 39.6 Å². The van der Waals surface area contributed by atoms with Crippen molar-refractivity contribution in [3.63, 3.8) is 0 Å². The molecule has 0 aliphatic rings. The summed E-state index contributed by atoms with van der Waals surface area (Å²) in [6.07, 6.45) is 121. The monoisotopic (exact) mass is 1730 g/mol. The molecular weight excluding hydrogens is 1560 g/mol. The van der Waals surface area contributed by atoms with E-state index in [9.17, 15) is 43.5 Å². The summed E-state index contributed by atoms with van der Waals surface area (Å²) in [5, 5.41) is 20.8. The summed E-state index contributed by atoms with van der Waals surface area (Å²) in [5.41, 5.74) is 0. The number of aliphatic hydroxyl groups is 2. The fraction of sp³-hybridized carbons (Fsp3) is 0.718. The Morgan fingerprint density at radius 3 is 0.694 bits per heavy atom. The van der Waals surface area contributed by atoms with Gasteiger partial charge < -0.3 is 34.2 Å². The van der Waals surface area contributed by atoms with Crippen LogP contribution >= 0.6 is 15.6 Å². The van der Waals surface area contributed by atoms with Gasteiger partial charge >= 0.3 is 33.6 Å². The van der Waals surface area contributed by atoms with Gasteiger partial charge in [0.2, 0.25) is 0 Å². The Kier molecular flexibility index (Phi) is 90.5. The van der Waals surface area contributed by atoms with Crippen molar-refractivity contribution in [1.82, 2.24) is 0 Å². The predicted octanol–water partition coefficient (Wildman–Crippen LogP) is 30.5. The maximum Gasteiger partial charge on any atom is 0.472 e. The Morgan fingerprint density at radius 1 is 0.240 bits per heavy atom. The zero-order valence-electron chi connectivity index (χ0n) is 76.9. The van der Waals surface area contributed by atoms with Crippen LogP contribution < -0.4 is 0 Å². The number of esters is 3. The van der Waals surface area contributed by atoms with Crippen LogP contribution in [0.2, 0.25) is 0 Å². The van der Waals surface area contributed by atoms with Gasteiger partial charge in [-0.25, -0.2) is 9.13 Å². The zero-order chi connectivity index (χ0) is 87.9. The van der Waals surface area contributed by atoms with Gasteiger partial charge in [-0.05, 0) is 154 Å². The average molecular weight is 1730 g/mol. The van der Waals surface area contributed by atoms with Crippen molar-refractivity contribution in [1.29, 1.82) is 0 Å². The maximum absolute atomic E-state index is 13.1. The number of phosphoric acid groups is 2. The molecule has 5 unspecified atom stereocenters. The van der Waals surface area contributed by atoms with Gasteiger partial charge in [-0.1, -0.05) is 403 Å². The molecule has 18 heteroatoms. The van der Waals surface area contributed by atoms with E-state index >= 15 is 0 Å². The van der Waals surface area contributed by atoms with Crippen LogP contribution in [-0.2, 0) is 55.8 Å². The fourth-order valence-corrected chi connectivity index (χ4v) is 14.9. The van der Waals surface area contributed by atoms with Crippen LogP contribution in [0.4, 0.5) is 0 Å². The van der Waals surface area contributed by atoms with Crippen molar-refractivity contribution in [3.8, 4) is 0 Å². The largest absolute Gasteiger partial charge is 0.472 e.